The molecule has 1 aliphatic carbocycles. The summed E-state index contributed by atoms with van der Waals surface area (Å²) in [5, 5.41) is 0. The first-order valence-corrected chi connectivity index (χ1v) is 8.24. The van der Waals surface area contributed by atoms with Crippen molar-refractivity contribution < 1.29 is 9.13 Å². The van der Waals surface area contributed by atoms with Crippen LogP contribution in [0, 0.1) is 18.2 Å². The highest BCUT2D eigenvalue weighted by molar-refractivity contribution is 5.51. The predicted molar refractivity (Wildman–Crippen MR) is 90.8 cm³/mol. The molecule has 120 valence electrons. The van der Waals surface area contributed by atoms with Crippen molar-refractivity contribution in [2.75, 3.05) is 25.1 Å². The molecule has 0 bridgehead atoms. The fourth-order valence-electron chi connectivity index (χ4n) is 4.12. The second-order valence-corrected chi connectivity index (χ2v) is 7.19. The Hall–Kier alpha value is -2.03. The molecule has 0 amide bonds. The average molecular weight is 311 g/mol. The minimum Gasteiger partial charge on any atom is -0.494 e. The molecule has 1 aliphatic heterocycles. The molecule has 1 heterocycles. The molecule has 1 saturated heterocycles. The summed E-state index contributed by atoms with van der Waals surface area (Å²) in [4.78, 5) is 2.45. The summed E-state index contributed by atoms with van der Waals surface area (Å²) in [6.07, 6.45) is 2.34. The van der Waals surface area contributed by atoms with Crippen molar-refractivity contribution in [1.82, 2.24) is 0 Å². The molecule has 1 saturated carbocycles. The minimum absolute atomic E-state index is 0.249. The summed E-state index contributed by atoms with van der Waals surface area (Å²) in [7, 11) is 1.50. The van der Waals surface area contributed by atoms with E-state index in [0.717, 1.165) is 18.7 Å². The Bertz CT molecular complexity index is 711. The highest BCUT2D eigenvalue weighted by Crippen LogP contribution is 2.56. The molecule has 1 spiro atoms. The third-order valence-corrected chi connectivity index (χ3v) is 5.46. The highest BCUT2D eigenvalue weighted by atomic mass is 19.1. The topological polar surface area (TPSA) is 12.5 Å². The zero-order valence-corrected chi connectivity index (χ0v) is 13.7. The first-order valence-electron chi connectivity index (χ1n) is 8.24. The number of rotatable bonds is 3. The second kappa shape index (κ2) is 5.26. The number of benzene rings is 2. The average Bonchev–Trinajstić information content (AvgIpc) is 2.46. The van der Waals surface area contributed by atoms with Gasteiger partial charge in [-0.1, -0.05) is 23.8 Å². The van der Waals surface area contributed by atoms with Crippen LogP contribution >= 0.6 is 0 Å². The molecule has 0 radical (unpaired) electrons. The van der Waals surface area contributed by atoms with Gasteiger partial charge in [0.2, 0.25) is 0 Å². The van der Waals surface area contributed by atoms with E-state index in [2.05, 4.69) is 36.1 Å². The fourth-order valence-corrected chi connectivity index (χ4v) is 4.12. The van der Waals surface area contributed by atoms with Gasteiger partial charge in [-0.2, -0.15) is 0 Å². The van der Waals surface area contributed by atoms with E-state index in [0.29, 0.717) is 17.1 Å². The van der Waals surface area contributed by atoms with E-state index in [1.165, 1.54) is 31.2 Å². The summed E-state index contributed by atoms with van der Waals surface area (Å²) >= 11 is 0. The van der Waals surface area contributed by atoms with E-state index >= 15 is 0 Å². The van der Waals surface area contributed by atoms with Gasteiger partial charge < -0.3 is 9.64 Å². The van der Waals surface area contributed by atoms with Crippen LogP contribution in [0.15, 0.2) is 42.5 Å². The largest absolute Gasteiger partial charge is 0.494 e. The van der Waals surface area contributed by atoms with Crippen LogP contribution in [0.3, 0.4) is 0 Å². The van der Waals surface area contributed by atoms with Crippen molar-refractivity contribution in [2.24, 2.45) is 5.41 Å². The molecule has 2 fully saturated rings. The van der Waals surface area contributed by atoms with Crippen LogP contribution in [0.4, 0.5) is 10.1 Å². The van der Waals surface area contributed by atoms with Gasteiger partial charge in [0, 0.05) is 24.2 Å². The lowest BCUT2D eigenvalue weighted by molar-refractivity contribution is 0.0632. The Morgan fingerprint density at radius 3 is 2.39 bits per heavy atom. The molecule has 0 atom stereocenters. The number of hydrogen-bond donors (Lipinski definition) is 0. The lowest BCUT2D eigenvalue weighted by Gasteiger charge is -2.60. The van der Waals surface area contributed by atoms with Crippen LogP contribution in [0.25, 0.3) is 0 Å². The van der Waals surface area contributed by atoms with Crippen molar-refractivity contribution in [2.45, 2.75) is 25.7 Å². The Balaban J connectivity index is 1.37. The van der Waals surface area contributed by atoms with Crippen LogP contribution in [-0.2, 0) is 0 Å². The Morgan fingerprint density at radius 1 is 1.09 bits per heavy atom. The number of anilines is 1. The molecular weight excluding hydrogens is 289 g/mol. The van der Waals surface area contributed by atoms with Crippen LogP contribution in [0.2, 0.25) is 0 Å². The van der Waals surface area contributed by atoms with Crippen LogP contribution in [0.1, 0.15) is 29.9 Å². The lowest BCUT2D eigenvalue weighted by Crippen LogP contribution is -2.61. The third kappa shape index (κ3) is 2.48. The molecular formula is C20H22FNO. The number of ether oxygens (including phenoxy) is 1. The number of aryl methyl sites for hydroxylation is 1. The Morgan fingerprint density at radius 2 is 1.78 bits per heavy atom. The lowest BCUT2D eigenvalue weighted by atomic mass is 9.56. The Kier molecular flexibility index (Phi) is 3.33. The highest BCUT2D eigenvalue weighted by Gasteiger charge is 2.52. The maximum atomic E-state index is 13.8. The maximum absolute atomic E-state index is 13.8. The van der Waals surface area contributed by atoms with E-state index in [9.17, 15) is 4.39 Å². The van der Waals surface area contributed by atoms with Crippen LogP contribution < -0.4 is 9.64 Å². The molecule has 23 heavy (non-hydrogen) atoms. The van der Waals surface area contributed by atoms with E-state index < -0.39 is 0 Å². The maximum Gasteiger partial charge on any atom is 0.165 e. The normalized spacial score (nSPS) is 19.3. The van der Waals surface area contributed by atoms with Gasteiger partial charge in [0.1, 0.15) is 0 Å². The summed E-state index contributed by atoms with van der Waals surface area (Å²) in [6, 6.07) is 14.2. The molecule has 4 rings (SSSR count). The number of methoxy groups -OCH3 is 1. The first kappa shape index (κ1) is 14.6. The molecule has 2 aromatic rings. The monoisotopic (exact) mass is 311 g/mol. The van der Waals surface area contributed by atoms with Gasteiger partial charge in [-0.25, -0.2) is 4.39 Å². The van der Waals surface area contributed by atoms with Gasteiger partial charge in [0.15, 0.2) is 11.6 Å². The van der Waals surface area contributed by atoms with Crippen molar-refractivity contribution in [3.05, 3.63) is 59.4 Å². The molecule has 3 heteroatoms. The van der Waals surface area contributed by atoms with Gasteiger partial charge in [0.25, 0.3) is 0 Å². The standard InChI is InChI=1S/C20H22FNO/c1-14-3-6-17(7-4-14)22-12-20(13-22)10-16(11-20)15-5-8-19(23-2)18(21)9-15/h3-9,16H,10-13H2,1-2H3. The van der Waals surface area contributed by atoms with Crippen molar-refractivity contribution >= 4 is 5.69 Å². The second-order valence-electron chi connectivity index (χ2n) is 7.19. The number of halogens is 1. The summed E-state index contributed by atoms with van der Waals surface area (Å²) in [5.74, 6) is 0.577. The van der Waals surface area contributed by atoms with Crippen LogP contribution in [0.5, 0.6) is 5.75 Å². The number of hydrogen-bond acceptors (Lipinski definition) is 2. The summed E-state index contributed by atoms with van der Waals surface area (Å²) in [6.45, 7) is 4.38. The van der Waals surface area contributed by atoms with Crippen molar-refractivity contribution in [3.8, 4) is 5.75 Å². The van der Waals surface area contributed by atoms with E-state index in [-0.39, 0.29) is 5.82 Å². The zero-order chi connectivity index (χ0) is 16.0. The number of nitrogens with zero attached hydrogens (tertiary/aromatic N) is 1. The van der Waals surface area contributed by atoms with Crippen molar-refractivity contribution in [3.63, 3.8) is 0 Å². The molecule has 0 unspecified atom stereocenters. The summed E-state index contributed by atoms with van der Waals surface area (Å²) in [5.41, 5.74) is 4.18. The molecule has 0 aromatic heterocycles. The quantitative estimate of drug-likeness (QED) is 0.826. The SMILES string of the molecule is COc1ccc(C2CC3(C2)CN(c2ccc(C)cc2)C3)cc1F. The predicted octanol–water partition coefficient (Wildman–Crippen LogP) is 4.53. The van der Waals surface area contributed by atoms with E-state index in [1.54, 1.807) is 12.1 Å². The smallest absolute Gasteiger partial charge is 0.165 e. The molecule has 2 nitrogen and oxygen atoms in total. The minimum atomic E-state index is -0.249. The van der Waals surface area contributed by atoms with Gasteiger partial charge in [-0.15, -0.1) is 0 Å². The fraction of sp³-hybridized carbons (Fsp3) is 0.400. The van der Waals surface area contributed by atoms with Crippen LogP contribution in [-0.4, -0.2) is 20.2 Å². The molecule has 0 N–H and O–H groups in total. The summed E-state index contributed by atoms with van der Waals surface area (Å²) < 4.78 is 18.8. The van der Waals surface area contributed by atoms with Gasteiger partial charge in [-0.3, -0.25) is 0 Å². The molecule has 2 aliphatic rings. The van der Waals surface area contributed by atoms with Gasteiger partial charge in [-0.05, 0) is 55.5 Å². The first-order chi connectivity index (χ1) is 11.1. The van der Waals surface area contributed by atoms with Gasteiger partial charge >= 0.3 is 0 Å². The van der Waals surface area contributed by atoms with E-state index in [1.807, 2.05) is 6.07 Å². The van der Waals surface area contributed by atoms with E-state index in [4.69, 9.17) is 4.74 Å². The third-order valence-electron chi connectivity index (χ3n) is 5.46. The zero-order valence-electron chi connectivity index (χ0n) is 13.7. The van der Waals surface area contributed by atoms with Crippen molar-refractivity contribution in [1.29, 1.82) is 0 Å². The Labute approximate surface area is 136 Å². The van der Waals surface area contributed by atoms with Gasteiger partial charge in [0.05, 0.1) is 7.11 Å². The molecule has 2 aromatic carbocycles.